The van der Waals surface area contributed by atoms with Gasteiger partial charge in [0.2, 0.25) is 0 Å². The molecule has 0 radical (unpaired) electrons. The molecule has 0 saturated carbocycles. The number of aliphatic hydroxyl groups excluding tert-OH is 1. The van der Waals surface area contributed by atoms with Gasteiger partial charge in [0.05, 0.1) is 36.9 Å². The zero-order chi connectivity index (χ0) is 16.1. The lowest BCUT2D eigenvalue weighted by Crippen LogP contribution is -2.07. The van der Waals surface area contributed by atoms with Crippen LogP contribution in [-0.2, 0) is 6.42 Å². The number of nitrogens with zero attached hydrogens (tertiary/aromatic N) is 1. The molecule has 0 aliphatic rings. The molecule has 0 aromatic heterocycles. The van der Waals surface area contributed by atoms with E-state index >= 15 is 0 Å². The highest BCUT2D eigenvalue weighted by molar-refractivity contribution is 5.55. The number of ether oxygens (including phenoxy) is 2. The van der Waals surface area contributed by atoms with Crippen LogP contribution in [0.3, 0.4) is 0 Å². The standard InChI is InChI=1S/C16H17NO5/c1-21-15-9-12(13(17(19)20)10-16(15)22-2)14(18)8-11-6-4-3-5-7-11/h3-7,9-10,14,18H,8H2,1-2H3. The Morgan fingerprint density at radius 1 is 1.14 bits per heavy atom. The summed E-state index contributed by atoms with van der Waals surface area (Å²) >= 11 is 0. The molecule has 0 saturated heterocycles. The molecule has 6 heteroatoms. The van der Waals surface area contributed by atoms with E-state index in [9.17, 15) is 15.2 Å². The van der Waals surface area contributed by atoms with Crippen LogP contribution in [0.5, 0.6) is 11.5 Å². The predicted octanol–water partition coefficient (Wildman–Crippen LogP) is 2.89. The summed E-state index contributed by atoms with van der Waals surface area (Å²) in [7, 11) is 2.85. The molecular weight excluding hydrogens is 286 g/mol. The van der Waals surface area contributed by atoms with E-state index in [0.717, 1.165) is 5.56 Å². The maximum atomic E-state index is 11.2. The minimum Gasteiger partial charge on any atom is -0.493 e. The Kier molecular flexibility index (Phi) is 4.95. The first-order valence-electron chi connectivity index (χ1n) is 6.69. The third kappa shape index (κ3) is 3.35. The zero-order valence-corrected chi connectivity index (χ0v) is 12.4. The quantitative estimate of drug-likeness (QED) is 0.655. The predicted molar refractivity (Wildman–Crippen MR) is 81.3 cm³/mol. The van der Waals surface area contributed by atoms with Gasteiger partial charge in [-0.1, -0.05) is 30.3 Å². The summed E-state index contributed by atoms with van der Waals surface area (Å²) in [5.41, 5.74) is 0.895. The molecular formula is C16H17NO5. The fourth-order valence-electron chi connectivity index (χ4n) is 2.26. The van der Waals surface area contributed by atoms with E-state index in [-0.39, 0.29) is 23.4 Å². The van der Waals surface area contributed by atoms with Crippen LogP contribution < -0.4 is 9.47 Å². The summed E-state index contributed by atoms with van der Waals surface area (Å²) in [6.07, 6.45) is -0.737. The van der Waals surface area contributed by atoms with Crippen LogP contribution in [0.1, 0.15) is 17.2 Å². The summed E-state index contributed by atoms with van der Waals surface area (Å²) in [5.74, 6) is 0.597. The normalized spacial score (nSPS) is 11.8. The van der Waals surface area contributed by atoms with Gasteiger partial charge in [0, 0.05) is 6.42 Å². The molecule has 2 aromatic carbocycles. The van der Waals surface area contributed by atoms with Crippen LogP contribution in [0.2, 0.25) is 0 Å². The second kappa shape index (κ2) is 6.91. The summed E-state index contributed by atoms with van der Waals surface area (Å²) < 4.78 is 10.2. The fourth-order valence-corrected chi connectivity index (χ4v) is 2.26. The van der Waals surface area contributed by atoms with Crippen LogP contribution in [0.4, 0.5) is 5.69 Å². The van der Waals surface area contributed by atoms with Gasteiger partial charge in [0.25, 0.3) is 5.69 Å². The van der Waals surface area contributed by atoms with Gasteiger partial charge in [-0.15, -0.1) is 0 Å². The zero-order valence-electron chi connectivity index (χ0n) is 12.4. The average molecular weight is 303 g/mol. The maximum Gasteiger partial charge on any atom is 0.279 e. The van der Waals surface area contributed by atoms with Crippen molar-refractivity contribution >= 4 is 5.69 Å². The van der Waals surface area contributed by atoms with E-state index in [1.165, 1.54) is 26.4 Å². The minimum atomic E-state index is -1.01. The van der Waals surface area contributed by atoms with Crippen molar-refractivity contribution in [1.29, 1.82) is 0 Å². The number of aliphatic hydroxyl groups is 1. The van der Waals surface area contributed by atoms with Crippen molar-refractivity contribution in [3.63, 3.8) is 0 Å². The Morgan fingerprint density at radius 2 is 1.73 bits per heavy atom. The summed E-state index contributed by atoms with van der Waals surface area (Å²) in [4.78, 5) is 10.7. The molecule has 0 fully saturated rings. The van der Waals surface area contributed by atoms with Crippen LogP contribution in [0.15, 0.2) is 42.5 Å². The number of benzene rings is 2. The van der Waals surface area contributed by atoms with Gasteiger partial charge in [0.15, 0.2) is 11.5 Å². The molecule has 116 valence electrons. The van der Waals surface area contributed by atoms with Crippen molar-refractivity contribution < 1.29 is 19.5 Å². The van der Waals surface area contributed by atoms with Gasteiger partial charge >= 0.3 is 0 Å². The molecule has 0 aliphatic carbocycles. The topological polar surface area (TPSA) is 81.8 Å². The fraction of sp³-hybridized carbons (Fsp3) is 0.250. The number of nitro benzene ring substituents is 1. The van der Waals surface area contributed by atoms with E-state index in [0.29, 0.717) is 5.75 Å². The van der Waals surface area contributed by atoms with Gasteiger partial charge in [-0.2, -0.15) is 0 Å². The molecule has 2 rings (SSSR count). The van der Waals surface area contributed by atoms with Crippen molar-refractivity contribution in [3.8, 4) is 11.5 Å². The van der Waals surface area contributed by atoms with Crippen LogP contribution in [-0.4, -0.2) is 24.2 Å². The lowest BCUT2D eigenvalue weighted by Gasteiger charge is -2.15. The van der Waals surface area contributed by atoms with Crippen LogP contribution in [0, 0.1) is 10.1 Å². The molecule has 0 aliphatic heterocycles. The number of hydrogen-bond acceptors (Lipinski definition) is 5. The van der Waals surface area contributed by atoms with Gasteiger partial charge in [-0.25, -0.2) is 0 Å². The third-order valence-electron chi connectivity index (χ3n) is 3.36. The SMILES string of the molecule is COc1cc(C(O)Cc2ccccc2)c([N+](=O)[O-])cc1OC. The third-order valence-corrected chi connectivity index (χ3v) is 3.36. The highest BCUT2D eigenvalue weighted by Crippen LogP contribution is 2.38. The van der Waals surface area contributed by atoms with Crippen LogP contribution in [0.25, 0.3) is 0 Å². The van der Waals surface area contributed by atoms with Gasteiger partial charge in [0.1, 0.15) is 0 Å². The second-order valence-electron chi connectivity index (χ2n) is 4.73. The van der Waals surface area contributed by atoms with E-state index in [1.807, 2.05) is 30.3 Å². The molecule has 0 amide bonds. The van der Waals surface area contributed by atoms with Gasteiger partial charge in [-0.05, 0) is 11.6 Å². The monoisotopic (exact) mass is 303 g/mol. The Labute approximate surface area is 128 Å². The molecule has 0 bridgehead atoms. The molecule has 6 nitrogen and oxygen atoms in total. The van der Waals surface area contributed by atoms with Crippen molar-refractivity contribution in [2.24, 2.45) is 0 Å². The molecule has 0 heterocycles. The van der Waals surface area contributed by atoms with Crippen LogP contribution >= 0.6 is 0 Å². The number of methoxy groups -OCH3 is 2. The highest BCUT2D eigenvalue weighted by Gasteiger charge is 2.24. The highest BCUT2D eigenvalue weighted by atomic mass is 16.6. The van der Waals surface area contributed by atoms with Gasteiger partial charge < -0.3 is 14.6 Å². The lowest BCUT2D eigenvalue weighted by molar-refractivity contribution is -0.386. The Balaban J connectivity index is 2.41. The first-order valence-corrected chi connectivity index (χ1v) is 6.69. The lowest BCUT2D eigenvalue weighted by atomic mass is 9.99. The maximum absolute atomic E-state index is 11.2. The van der Waals surface area contributed by atoms with Gasteiger partial charge in [-0.3, -0.25) is 10.1 Å². The Bertz CT molecular complexity index is 657. The van der Waals surface area contributed by atoms with E-state index in [2.05, 4.69) is 0 Å². The second-order valence-corrected chi connectivity index (χ2v) is 4.73. The Hall–Kier alpha value is -2.60. The van der Waals surface area contributed by atoms with E-state index < -0.39 is 11.0 Å². The van der Waals surface area contributed by atoms with Crippen molar-refractivity contribution in [3.05, 3.63) is 63.7 Å². The Morgan fingerprint density at radius 3 is 2.27 bits per heavy atom. The number of rotatable bonds is 6. The van der Waals surface area contributed by atoms with E-state index in [4.69, 9.17) is 9.47 Å². The summed E-state index contributed by atoms with van der Waals surface area (Å²) in [6, 6.07) is 12.0. The molecule has 0 spiro atoms. The first-order chi connectivity index (χ1) is 10.6. The minimum absolute atomic E-state index is 0.193. The smallest absolute Gasteiger partial charge is 0.279 e. The van der Waals surface area contributed by atoms with Crippen molar-refractivity contribution in [2.45, 2.75) is 12.5 Å². The molecule has 2 aromatic rings. The van der Waals surface area contributed by atoms with Crippen molar-refractivity contribution in [2.75, 3.05) is 14.2 Å². The first kappa shape index (κ1) is 15.8. The summed E-state index contributed by atoms with van der Waals surface area (Å²) in [5, 5.41) is 21.6. The summed E-state index contributed by atoms with van der Waals surface area (Å²) in [6.45, 7) is 0. The number of nitro groups is 1. The average Bonchev–Trinajstić information content (AvgIpc) is 2.54. The number of hydrogen-bond donors (Lipinski definition) is 1. The molecule has 1 N–H and O–H groups in total. The van der Waals surface area contributed by atoms with E-state index in [1.54, 1.807) is 0 Å². The molecule has 1 unspecified atom stereocenters. The molecule has 22 heavy (non-hydrogen) atoms. The molecule has 1 atom stereocenters. The van der Waals surface area contributed by atoms with Crippen molar-refractivity contribution in [1.82, 2.24) is 0 Å². The largest absolute Gasteiger partial charge is 0.493 e.